The molecule has 2 unspecified atom stereocenters. The van der Waals surface area contributed by atoms with E-state index in [2.05, 4.69) is 0 Å². The molecule has 1 fully saturated rings. The molecule has 7 nitrogen and oxygen atoms in total. The van der Waals surface area contributed by atoms with E-state index in [0.717, 1.165) is 65.5 Å². The van der Waals surface area contributed by atoms with Crippen LogP contribution in [0.15, 0.2) is 36.4 Å². The van der Waals surface area contributed by atoms with Gasteiger partial charge in [0.05, 0.1) is 33.0 Å². The lowest BCUT2D eigenvalue weighted by molar-refractivity contribution is 0.0876. The third kappa shape index (κ3) is 4.02. The van der Waals surface area contributed by atoms with Gasteiger partial charge in [0.25, 0.3) is 0 Å². The van der Waals surface area contributed by atoms with Crippen LogP contribution < -0.4 is 18.9 Å². The van der Waals surface area contributed by atoms with Crippen molar-refractivity contribution in [3.05, 3.63) is 58.7 Å². The van der Waals surface area contributed by atoms with E-state index in [4.69, 9.17) is 18.9 Å². The van der Waals surface area contributed by atoms with Gasteiger partial charge in [-0.25, -0.2) is 0 Å². The van der Waals surface area contributed by atoms with Gasteiger partial charge in [-0.15, -0.1) is 0 Å². The molecule has 0 aromatic heterocycles. The molecule has 1 heterocycles. The molecular weight excluding hydrogens is 472 g/mol. The Morgan fingerprint density at radius 3 is 2.32 bits per heavy atom. The lowest BCUT2D eigenvalue weighted by atomic mass is 9.77. The van der Waals surface area contributed by atoms with Crippen molar-refractivity contribution in [3.63, 3.8) is 0 Å². The van der Waals surface area contributed by atoms with Gasteiger partial charge in [0, 0.05) is 23.1 Å². The van der Waals surface area contributed by atoms with E-state index in [-0.39, 0.29) is 30.1 Å². The fraction of sp³-hybridized carbons (Fsp3) is 0.400. The molecule has 3 aliphatic rings. The van der Waals surface area contributed by atoms with Crippen molar-refractivity contribution >= 4 is 0 Å². The SMILES string of the molecule is COc1cc(C2COc3ccc4c(c3C2O)CCc2c(OC)cc(O)cc2-4)cc(OC2CCCC2)c1O. The topological polar surface area (TPSA) is 97.6 Å². The Balaban J connectivity index is 1.40. The molecule has 194 valence electrons. The summed E-state index contributed by atoms with van der Waals surface area (Å²) in [4.78, 5) is 0. The monoisotopic (exact) mass is 504 g/mol. The first-order valence-corrected chi connectivity index (χ1v) is 12.9. The van der Waals surface area contributed by atoms with Crippen LogP contribution in [0.25, 0.3) is 11.1 Å². The van der Waals surface area contributed by atoms with Crippen molar-refractivity contribution in [1.82, 2.24) is 0 Å². The summed E-state index contributed by atoms with van der Waals surface area (Å²) in [6.07, 6.45) is 4.84. The summed E-state index contributed by atoms with van der Waals surface area (Å²) >= 11 is 0. The standard InChI is InChI=1S/C30H32O7/c1-34-25-14-17(31)13-22-19-9-10-24-28(21(19)8-7-20(22)25)29(32)23(15-36-24)16-11-26(35-2)30(33)27(12-16)37-18-5-3-4-6-18/h9-14,18,23,29,31-33H,3-8,15H2,1-2H3. The molecule has 7 heteroatoms. The number of ether oxygens (including phenoxy) is 4. The van der Waals surface area contributed by atoms with Gasteiger partial charge in [-0.05, 0) is 85.0 Å². The van der Waals surface area contributed by atoms with Crippen LogP contribution in [0, 0.1) is 0 Å². The normalized spacial score (nSPS) is 20.4. The van der Waals surface area contributed by atoms with Crippen molar-refractivity contribution < 1.29 is 34.3 Å². The second-order valence-electron chi connectivity index (χ2n) is 10.1. The minimum atomic E-state index is -0.826. The number of hydrogen-bond donors (Lipinski definition) is 3. The fourth-order valence-corrected chi connectivity index (χ4v) is 6.17. The third-order valence-electron chi connectivity index (χ3n) is 8.05. The molecule has 0 spiro atoms. The number of phenolic OH excluding ortho intramolecular Hbond substituents is 2. The predicted molar refractivity (Wildman–Crippen MR) is 138 cm³/mol. The molecule has 37 heavy (non-hydrogen) atoms. The Morgan fingerprint density at radius 2 is 1.57 bits per heavy atom. The van der Waals surface area contributed by atoms with Gasteiger partial charge in [0.15, 0.2) is 11.5 Å². The summed E-state index contributed by atoms with van der Waals surface area (Å²) < 4.78 is 23.3. The highest BCUT2D eigenvalue weighted by Crippen LogP contribution is 2.51. The van der Waals surface area contributed by atoms with Crippen LogP contribution in [-0.2, 0) is 12.8 Å². The Hall–Kier alpha value is -3.58. The lowest BCUT2D eigenvalue weighted by Gasteiger charge is -2.35. The predicted octanol–water partition coefficient (Wildman–Crippen LogP) is 5.41. The quantitative estimate of drug-likeness (QED) is 0.427. The molecule has 0 saturated heterocycles. The summed E-state index contributed by atoms with van der Waals surface area (Å²) in [7, 11) is 3.12. The molecule has 1 aliphatic heterocycles. The van der Waals surface area contributed by atoms with Gasteiger partial charge in [-0.2, -0.15) is 0 Å². The van der Waals surface area contributed by atoms with Crippen molar-refractivity contribution in [1.29, 1.82) is 0 Å². The first-order valence-electron chi connectivity index (χ1n) is 12.9. The molecule has 3 aromatic rings. The Morgan fingerprint density at radius 1 is 0.838 bits per heavy atom. The van der Waals surface area contributed by atoms with E-state index < -0.39 is 6.10 Å². The first kappa shape index (κ1) is 23.8. The summed E-state index contributed by atoms with van der Waals surface area (Å²) in [6.45, 7) is 0.287. The van der Waals surface area contributed by atoms with Crippen LogP contribution in [0.2, 0.25) is 0 Å². The highest BCUT2D eigenvalue weighted by molar-refractivity contribution is 5.79. The molecule has 0 amide bonds. The number of benzene rings is 3. The maximum Gasteiger partial charge on any atom is 0.200 e. The van der Waals surface area contributed by atoms with Gasteiger partial charge in [0.2, 0.25) is 5.75 Å². The maximum absolute atomic E-state index is 11.7. The van der Waals surface area contributed by atoms with Crippen LogP contribution in [-0.4, -0.2) is 42.3 Å². The van der Waals surface area contributed by atoms with Crippen LogP contribution in [0.5, 0.6) is 34.5 Å². The number of phenols is 2. The fourth-order valence-electron chi connectivity index (χ4n) is 6.17. The van der Waals surface area contributed by atoms with Crippen molar-refractivity contribution in [2.45, 2.75) is 56.7 Å². The van der Waals surface area contributed by atoms with E-state index >= 15 is 0 Å². The van der Waals surface area contributed by atoms with Crippen molar-refractivity contribution in [2.24, 2.45) is 0 Å². The summed E-state index contributed by atoms with van der Waals surface area (Å²) in [5, 5.41) is 32.8. The van der Waals surface area contributed by atoms with Gasteiger partial charge in [-0.3, -0.25) is 0 Å². The third-order valence-corrected chi connectivity index (χ3v) is 8.05. The van der Waals surface area contributed by atoms with E-state index in [9.17, 15) is 15.3 Å². The Bertz CT molecular complexity index is 1340. The smallest absolute Gasteiger partial charge is 0.200 e. The molecule has 0 radical (unpaired) electrons. The minimum absolute atomic E-state index is 0.0208. The highest BCUT2D eigenvalue weighted by Gasteiger charge is 2.36. The van der Waals surface area contributed by atoms with Crippen LogP contribution >= 0.6 is 0 Å². The summed E-state index contributed by atoms with van der Waals surface area (Å²) in [6, 6.07) is 10.9. The van der Waals surface area contributed by atoms with Crippen molar-refractivity contribution in [2.75, 3.05) is 20.8 Å². The van der Waals surface area contributed by atoms with Crippen molar-refractivity contribution in [3.8, 4) is 45.6 Å². The van der Waals surface area contributed by atoms with Gasteiger partial charge in [0.1, 0.15) is 17.2 Å². The van der Waals surface area contributed by atoms with Crippen LogP contribution in [0.1, 0.15) is 60.0 Å². The number of aliphatic hydroxyl groups is 1. The Kier molecular flexibility index (Phi) is 6.03. The number of hydrogen-bond acceptors (Lipinski definition) is 7. The zero-order valence-corrected chi connectivity index (χ0v) is 21.1. The summed E-state index contributed by atoms with van der Waals surface area (Å²) in [5.74, 6) is 1.78. The average Bonchev–Trinajstić information content (AvgIpc) is 3.42. The van der Waals surface area contributed by atoms with Gasteiger partial charge in [-0.1, -0.05) is 6.07 Å². The average molecular weight is 505 g/mol. The summed E-state index contributed by atoms with van der Waals surface area (Å²) in [5.41, 5.74) is 5.50. The molecule has 3 N–H and O–H groups in total. The molecule has 1 saturated carbocycles. The molecule has 2 atom stereocenters. The second kappa shape index (κ2) is 9.38. The largest absolute Gasteiger partial charge is 0.508 e. The van der Waals surface area contributed by atoms with Gasteiger partial charge < -0.3 is 34.3 Å². The van der Waals surface area contributed by atoms with E-state index in [1.165, 1.54) is 7.11 Å². The number of aromatic hydroxyl groups is 2. The molecule has 6 rings (SSSR count). The zero-order chi connectivity index (χ0) is 25.7. The number of rotatable bonds is 5. The molecule has 0 bridgehead atoms. The number of methoxy groups -OCH3 is 2. The lowest BCUT2D eigenvalue weighted by Crippen LogP contribution is -2.26. The maximum atomic E-state index is 11.7. The molecular formula is C30H32O7. The van der Waals surface area contributed by atoms with E-state index in [1.54, 1.807) is 25.3 Å². The van der Waals surface area contributed by atoms with E-state index in [0.29, 0.717) is 29.4 Å². The number of aliphatic hydroxyl groups excluding tert-OH is 1. The number of fused-ring (bicyclic) bond motifs is 5. The van der Waals surface area contributed by atoms with Crippen LogP contribution in [0.3, 0.4) is 0 Å². The Labute approximate surface area is 216 Å². The minimum Gasteiger partial charge on any atom is -0.508 e. The van der Waals surface area contributed by atoms with E-state index in [1.807, 2.05) is 18.2 Å². The second-order valence-corrected chi connectivity index (χ2v) is 10.1. The molecule has 2 aliphatic carbocycles. The van der Waals surface area contributed by atoms with Gasteiger partial charge >= 0.3 is 0 Å². The molecule has 3 aromatic carbocycles. The van der Waals surface area contributed by atoms with Crippen LogP contribution in [0.4, 0.5) is 0 Å². The highest BCUT2D eigenvalue weighted by atomic mass is 16.5. The zero-order valence-electron chi connectivity index (χ0n) is 21.1. The first-order chi connectivity index (χ1) is 18.0.